The van der Waals surface area contributed by atoms with E-state index < -0.39 is 6.04 Å². The van der Waals surface area contributed by atoms with Gasteiger partial charge < -0.3 is 10.2 Å². The van der Waals surface area contributed by atoms with Crippen LogP contribution in [0.5, 0.6) is 0 Å². The summed E-state index contributed by atoms with van der Waals surface area (Å²) in [6.07, 6.45) is 0. The molecular weight excluding hydrogens is 278 g/mol. The Morgan fingerprint density at radius 2 is 2.09 bits per heavy atom. The van der Waals surface area contributed by atoms with Crippen molar-refractivity contribution >= 4 is 22.7 Å². The highest BCUT2D eigenvalue weighted by Gasteiger charge is 2.30. The number of hydrogen-bond donors (Lipinski definition) is 1. The van der Waals surface area contributed by atoms with Crippen molar-refractivity contribution in [2.45, 2.75) is 26.8 Å². The van der Waals surface area contributed by atoms with Gasteiger partial charge in [0.2, 0.25) is 5.91 Å². The molecule has 22 heavy (non-hydrogen) atoms. The van der Waals surface area contributed by atoms with Crippen molar-refractivity contribution in [1.29, 1.82) is 0 Å². The lowest BCUT2D eigenvalue weighted by Crippen LogP contribution is -2.55. The minimum Gasteiger partial charge on any atom is -0.353 e. The van der Waals surface area contributed by atoms with Crippen molar-refractivity contribution in [2.24, 2.45) is 0 Å². The lowest BCUT2D eigenvalue weighted by molar-refractivity contribution is -0.127. The fourth-order valence-corrected chi connectivity index (χ4v) is 2.82. The number of carbonyl (C=O) groups excluding carboxylic acids is 2. The van der Waals surface area contributed by atoms with Gasteiger partial charge in [-0.2, -0.15) is 0 Å². The number of nitrogens with zero attached hydrogens (tertiary/aromatic N) is 2. The van der Waals surface area contributed by atoms with Crippen molar-refractivity contribution < 1.29 is 9.59 Å². The number of amides is 2. The van der Waals surface area contributed by atoms with Gasteiger partial charge in [0.15, 0.2) is 0 Å². The van der Waals surface area contributed by atoms with Crippen LogP contribution in [-0.4, -0.2) is 40.8 Å². The van der Waals surface area contributed by atoms with Gasteiger partial charge in [0.1, 0.15) is 6.04 Å². The number of carbonyl (C=O) groups is 2. The Morgan fingerprint density at radius 3 is 2.86 bits per heavy atom. The molecule has 5 heteroatoms. The Labute approximate surface area is 129 Å². The molecule has 0 saturated carbocycles. The summed E-state index contributed by atoms with van der Waals surface area (Å²) in [5.41, 5.74) is 3.27. The largest absolute Gasteiger partial charge is 0.353 e. The van der Waals surface area contributed by atoms with Crippen LogP contribution >= 0.6 is 0 Å². The molecule has 3 rings (SSSR count). The third-order valence-corrected chi connectivity index (χ3v) is 4.15. The molecule has 0 aliphatic carbocycles. The first-order valence-corrected chi connectivity index (χ1v) is 7.44. The van der Waals surface area contributed by atoms with Crippen molar-refractivity contribution in [3.05, 3.63) is 41.1 Å². The summed E-state index contributed by atoms with van der Waals surface area (Å²) in [6.45, 7) is 6.62. The van der Waals surface area contributed by atoms with Crippen LogP contribution in [0.1, 0.15) is 28.5 Å². The molecule has 0 radical (unpaired) electrons. The number of aryl methyl sites for hydroxylation is 2. The molecule has 1 saturated heterocycles. The Bertz CT molecular complexity index is 770. The molecule has 1 N–H and O–H groups in total. The normalized spacial score (nSPS) is 18.4. The molecule has 2 amide bonds. The standard InChI is InChI=1S/C17H19N3O2/c1-10-4-5-15-13(8-10)9-14(11(2)19-15)17(22)20-7-6-18-16(21)12(20)3/h4-5,8-9,12H,6-7H2,1-3H3,(H,18,21)/t12-/m1/s1. The van der Waals surface area contributed by atoms with E-state index in [4.69, 9.17) is 0 Å². The zero-order chi connectivity index (χ0) is 15.9. The summed E-state index contributed by atoms with van der Waals surface area (Å²) in [5.74, 6) is -0.238. The van der Waals surface area contributed by atoms with Gasteiger partial charge in [0, 0.05) is 18.5 Å². The predicted octanol–water partition coefficient (Wildman–Crippen LogP) is 1.81. The quantitative estimate of drug-likeness (QED) is 0.873. The molecule has 0 bridgehead atoms. The van der Waals surface area contributed by atoms with Gasteiger partial charge in [-0.1, -0.05) is 11.6 Å². The molecule has 1 aromatic carbocycles. The van der Waals surface area contributed by atoms with Gasteiger partial charge in [0.05, 0.1) is 16.8 Å². The van der Waals surface area contributed by atoms with Gasteiger partial charge in [-0.25, -0.2) is 0 Å². The number of hydrogen-bond acceptors (Lipinski definition) is 3. The highest BCUT2D eigenvalue weighted by molar-refractivity contribution is 6.01. The number of rotatable bonds is 1. The monoisotopic (exact) mass is 297 g/mol. The zero-order valence-electron chi connectivity index (χ0n) is 13.0. The number of nitrogens with one attached hydrogen (secondary N) is 1. The summed E-state index contributed by atoms with van der Waals surface area (Å²) in [5, 5.41) is 3.72. The zero-order valence-corrected chi connectivity index (χ0v) is 13.0. The molecule has 0 spiro atoms. The van der Waals surface area contributed by atoms with Gasteiger partial charge in [-0.3, -0.25) is 14.6 Å². The maximum atomic E-state index is 12.8. The summed E-state index contributed by atoms with van der Waals surface area (Å²) in [4.78, 5) is 30.7. The Hall–Kier alpha value is -2.43. The van der Waals surface area contributed by atoms with Gasteiger partial charge in [-0.05, 0) is 39.0 Å². The SMILES string of the molecule is Cc1ccc2nc(C)c(C(=O)N3CCNC(=O)[C@H]3C)cc2c1. The molecule has 1 aromatic heterocycles. The van der Waals surface area contributed by atoms with Crippen LogP contribution in [0, 0.1) is 13.8 Å². The summed E-state index contributed by atoms with van der Waals surface area (Å²) < 4.78 is 0. The molecule has 1 aliphatic rings. The van der Waals surface area contributed by atoms with Crippen LogP contribution in [0.3, 0.4) is 0 Å². The molecule has 0 unspecified atom stereocenters. The lowest BCUT2D eigenvalue weighted by atomic mass is 10.1. The van der Waals surface area contributed by atoms with Crippen LogP contribution in [0.25, 0.3) is 10.9 Å². The number of fused-ring (bicyclic) bond motifs is 1. The van der Waals surface area contributed by atoms with Gasteiger partial charge in [0.25, 0.3) is 5.91 Å². The maximum Gasteiger partial charge on any atom is 0.256 e. The van der Waals surface area contributed by atoms with Crippen molar-refractivity contribution in [2.75, 3.05) is 13.1 Å². The molecule has 114 valence electrons. The van der Waals surface area contributed by atoms with Crippen LogP contribution < -0.4 is 5.32 Å². The number of aromatic nitrogens is 1. The Balaban J connectivity index is 2.03. The van der Waals surface area contributed by atoms with E-state index in [2.05, 4.69) is 10.3 Å². The molecule has 5 nitrogen and oxygen atoms in total. The minimum atomic E-state index is -0.450. The molecule has 1 fully saturated rings. The van der Waals surface area contributed by atoms with E-state index in [1.165, 1.54) is 0 Å². The van der Waals surface area contributed by atoms with Crippen molar-refractivity contribution in [1.82, 2.24) is 15.2 Å². The summed E-state index contributed by atoms with van der Waals surface area (Å²) in [6, 6.07) is 7.42. The van der Waals surface area contributed by atoms with Crippen LogP contribution in [0.4, 0.5) is 0 Å². The first-order valence-electron chi connectivity index (χ1n) is 7.44. The molecular formula is C17H19N3O2. The van der Waals surface area contributed by atoms with Crippen molar-refractivity contribution in [3.8, 4) is 0 Å². The summed E-state index contributed by atoms with van der Waals surface area (Å²) >= 11 is 0. The molecule has 2 aromatic rings. The first kappa shape index (κ1) is 14.5. The Kier molecular flexibility index (Phi) is 3.56. The second-order valence-corrected chi connectivity index (χ2v) is 5.78. The maximum absolute atomic E-state index is 12.8. The topological polar surface area (TPSA) is 62.3 Å². The van der Waals surface area contributed by atoms with E-state index in [0.29, 0.717) is 24.3 Å². The average molecular weight is 297 g/mol. The highest BCUT2D eigenvalue weighted by Crippen LogP contribution is 2.20. The van der Waals surface area contributed by atoms with Crippen LogP contribution in [-0.2, 0) is 4.79 Å². The number of pyridine rings is 1. The lowest BCUT2D eigenvalue weighted by Gasteiger charge is -2.33. The first-order chi connectivity index (χ1) is 10.5. The second-order valence-electron chi connectivity index (χ2n) is 5.78. The molecule has 1 aliphatic heterocycles. The predicted molar refractivity (Wildman–Crippen MR) is 84.7 cm³/mol. The Morgan fingerprint density at radius 1 is 1.32 bits per heavy atom. The van der Waals surface area contributed by atoms with Crippen LogP contribution in [0.15, 0.2) is 24.3 Å². The highest BCUT2D eigenvalue weighted by atomic mass is 16.2. The van der Waals surface area contributed by atoms with E-state index in [1.807, 2.05) is 38.1 Å². The second kappa shape index (κ2) is 5.40. The van der Waals surface area contributed by atoms with E-state index in [9.17, 15) is 9.59 Å². The van der Waals surface area contributed by atoms with E-state index in [0.717, 1.165) is 16.5 Å². The van der Waals surface area contributed by atoms with E-state index >= 15 is 0 Å². The van der Waals surface area contributed by atoms with Crippen molar-refractivity contribution in [3.63, 3.8) is 0 Å². The third-order valence-electron chi connectivity index (χ3n) is 4.15. The number of benzene rings is 1. The fourth-order valence-electron chi connectivity index (χ4n) is 2.82. The van der Waals surface area contributed by atoms with E-state index in [1.54, 1.807) is 11.8 Å². The summed E-state index contributed by atoms with van der Waals surface area (Å²) in [7, 11) is 0. The smallest absolute Gasteiger partial charge is 0.256 e. The van der Waals surface area contributed by atoms with Gasteiger partial charge >= 0.3 is 0 Å². The van der Waals surface area contributed by atoms with Crippen LogP contribution in [0.2, 0.25) is 0 Å². The fraction of sp³-hybridized carbons (Fsp3) is 0.353. The molecule has 2 heterocycles. The minimum absolute atomic E-state index is 0.109. The third kappa shape index (κ3) is 2.43. The average Bonchev–Trinajstić information content (AvgIpc) is 2.49. The number of piperazine rings is 1. The molecule has 1 atom stereocenters. The van der Waals surface area contributed by atoms with E-state index in [-0.39, 0.29) is 11.8 Å². The van der Waals surface area contributed by atoms with Gasteiger partial charge in [-0.15, -0.1) is 0 Å².